The number of aliphatic hydroxyl groups is 1. The van der Waals surface area contributed by atoms with Crippen molar-refractivity contribution < 1.29 is 95.6 Å². The van der Waals surface area contributed by atoms with E-state index in [2.05, 4.69) is 16.0 Å². The molecule has 6 heterocycles. The van der Waals surface area contributed by atoms with Crippen molar-refractivity contribution in [1.29, 1.82) is 0 Å². The number of pyridine rings is 2. The third-order valence-electron chi connectivity index (χ3n) is 16.2. The number of imide groups is 1. The van der Waals surface area contributed by atoms with E-state index in [1.54, 1.807) is 32.0 Å². The fourth-order valence-electron chi connectivity index (χ4n) is 11.1. The summed E-state index contributed by atoms with van der Waals surface area (Å²) in [6, 6.07) is 4.29. The fraction of sp³-hybridized carbons (Fsp3) is 0.656. The summed E-state index contributed by atoms with van der Waals surface area (Å²) in [6.45, 7) is 12.8. The SMILES string of the molecule is CC[C@@]1(O)C(=O)OCc2c1cc1n(c2=O)Cc2c-1nc1cc3c(cc1c2CCC(=O)CNC(=O)[C@H](CCCCN)CC(=O)[C@@H](NC(=O)CCOCCOCCOCCOCCOCCOCCOCCOCCNC(=O)CCN1C(=O)CC(C)C1=O)C(C)C)OCO3. The molecule has 92 heavy (non-hydrogen) atoms. The summed E-state index contributed by atoms with van der Waals surface area (Å²) in [4.78, 5) is 123. The van der Waals surface area contributed by atoms with Crippen molar-refractivity contribution in [2.45, 2.75) is 117 Å². The second-order valence-electron chi connectivity index (χ2n) is 23.2. The third-order valence-corrected chi connectivity index (χ3v) is 16.2. The van der Waals surface area contributed by atoms with Crippen LogP contribution in [-0.2, 0) is 106 Å². The van der Waals surface area contributed by atoms with Gasteiger partial charge in [-0.05, 0) is 55.8 Å². The van der Waals surface area contributed by atoms with Gasteiger partial charge in [0.25, 0.3) is 5.56 Å². The summed E-state index contributed by atoms with van der Waals surface area (Å²) in [5.41, 5.74) is 6.51. The Labute approximate surface area is 534 Å². The Bertz CT molecular complexity index is 3080. The molecule has 3 aromatic rings. The number of ketones is 2. The number of aryl methyl sites for hydroxylation is 1. The standard InChI is InChI=1S/C64H91N7O21/c1-5-64(81)49-35-51-59-47(38-71(51)62(79)48(49)39-90-63(64)80)45(46-34-53-54(92-40-91-53)36-50(46)68-59)10-9-44(72)37-67-60(77)43(8-6-7-13-65)33-52(73)58(41(2)3)69-56(75)12-16-82-18-20-84-22-24-86-26-28-88-30-31-89-29-27-87-25-23-85-21-19-83-17-14-66-55(74)11-15-70-57(76)32-42(4)61(70)78/h34-36,41-43,58,81H,5-33,37-40,65H2,1-4H3,(H,66,74)(H,67,77)(H,69,75)/t42?,43-,58+,64+/m1/s1. The number of carbonyl (C=O) groups excluding carboxylic acids is 8. The molecule has 6 N–H and O–H groups in total. The molecule has 0 bridgehead atoms. The van der Waals surface area contributed by atoms with Gasteiger partial charge in [0.1, 0.15) is 6.61 Å². The first-order chi connectivity index (χ1) is 44.4. The van der Waals surface area contributed by atoms with Crippen LogP contribution in [0.4, 0.5) is 0 Å². The Morgan fingerprint density at radius 1 is 0.739 bits per heavy atom. The van der Waals surface area contributed by atoms with Crippen LogP contribution in [-0.4, -0.2) is 211 Å². The highest BCUT2D eigenvalue weighted by atomic mass is 16.7. The molecule has 1 unspecified atom stereocenters. The van der Waals surface area contributed by atoms with Crippen LogP contribution in [0, 0.1) is 17.8 Å². The topological polar surface area (TPSA) is 359 Å². The molecule has 1 aromatic carbocycles. The molecular weight excluding hydrogens is 1200 g/mol. The van der Waals surface area contributed by atoms with Gasteiger partial charge >= 0.3 is 5.97 Å². The van der Waals surface area contributed by atoms with Gasteiger partial charge in [-0.15, -0.1) is 0 Å². The number of ether oxygens (including phenoxy) is 11. The first kappa shape index (κ1) is 72.6. The number of unbranched alkanes of at least 4 members (excludes halogenated alkanes) is 1. The van der Waals surface area contributed by atoms with E-state index in [9.17, 15) is 48.3 Å². The van der Waals surface area contributed by atoms with E-state index in [4.69, 9.17) is 62.8 Å². The predicted molar refractivity (Wildman–Crippen MR) is 329 cm³/mol. The number of amides is 5. The molecule has 28 nitrogen and oxygen atoms in total. The maximum atomic E-state index is 14.0. The van der Waals surface area contributed by atoms with E-state index >= 15 is 0 Å². The number of esters is 1. The predicted octanol–water partition coefficient (Wildman–Crippen LogP) is 1.70. The number of Topliss-reactive ketones (excluding diaryl/α,β-unsaturated/α-hetero) is 2. The molecule has 0 radical (unpaired) electrons. The van der Waals surface area contributed by atoms with Gasteiger partial charge in [0.15, 0.2) is 28.7 Å². The van der Waals surface area contributed by atoms with E-state index in [0.29, 0.717) is 158 Å². The second kappa shape index (κ2) is 37.1. The maximum Gasteiger partial charge on any atom is 0.343 e. The summed E-state index contributed by atoms with van der Waals surface area (Å²) in [5, 5.41) is 20.4. The van der Waals surface area contributed by atoms with Crippen LogP contribution in [0.2, 0.25) is 0 Å². The number of nitrogens with two attached hydrogens (primary N) is 1. The number of nitrogens with one attached hydrogen (secondary N) is 3. The van der Waals surface area contributed by atoms with E-state index in [-0.39, 0.29) is 156 Å². The number of rotatable bonds is 46. The Hall–Kier alpha value is -6.86. The monoisotopic (exact) mass is 1290 g/mol. The number of cyclic esters (lactones) is 1. The summed E-state index contributed by atoms with van der Waals surface area (Å²) < 4.78 is 62.3. The number of fused-ring (bicyclic) bond motifs is 6. The lowest BCUT2D eigenvalue weighted by molar-refractivity contribution is -0.172. The van der Waals surface area contributed by atoms with E-state index < -0.39 is 35.0 Å². The molecule has 5 amide bonds. The van der Waals surface area contributed by atoms with Gasteiger partial charge in [0.2, 0.25) is 36.3 Å². The van der Waals surface area contributed by atoms with Crippen LogP contribution < -0.4 is 36.7 Å². The molecule has 1 fully saturated rings. The molecule has 0 aliphatic carbocycles. The highest BCUT2D eigenvalue weighted by molar-refractivity contribution is 6.03. The average molecular weight is 1290 g/mol. The molecule has 2 aromatic heterocycles. The number of carbonyl (C=O) groups is 8. The van der Waals surface area contributed by atoms with Crippen molar-refractivity contribution >= 4 is 58.0 Å². The Balaban J connectivity index is 0.707. The lowest BCUT2D eigenvalue weighted by Gasteiger charge is -2.31. The number of hydrogen-bond donors (Lipinski definition) is 5. The van der Waals surface area contributed by atoms with Crippen LogP contribution in [0.15, 0.2) is 23.0 Å². The van der Waals surface area contributed by atoms with Crippen molar-refractivity contribution in [3.05, 3.63) is 50.8 Å². The molecule has 28 heteroatoms. The van der Waals surface area contributed by atoms with Crippen molar-refractivity contribution in [1.82, 2.24) is 30.4 Å². The zero-order valence-electron chi connectivity index (χ0n) is 53.4. The van der Waals surface area contributed by atoms with Gasteiger partial charge < -0.3 is 83.5 Å². The normalized spacial score (nSPS) is 17.0. The summed E-state index contributed by atoms with van der Waals surface area (Å²) in [5.74, 6) is -3.43. The molecule has 4 aliphatic heterocycles. The van der Waals surface area contributed by atoms with Crippen LogP contribution in [0.1, 0.15) is 108 Å². The third kappa shape index (κ3) is 20.6. The molecule has 508 valence electrons. The zero-order valence-corrected chi connectivity index (χ0v) is 53.4. The first-order valence-corrected chi connectivity index (χ1v) is 31.9. The quantitative estimate of drug-likeness (QED) is 0.0239. The van der Waals surface area contributed by atoms with Gasteiger partial charge in [0, 0.05) is 79.6 Å². The molecular formula is C64H91N7O21. The van der Waals surface area contributed by atoms with E-state index in [1.807, 2.05) is 13.8 Å². The summed E-state index contributed by atoms with van der Waals surface area (Å²) in [7, 11) is 0. The minimum atomic E-state index is -2.01. The highest BCUT2D eigenvalue weighted by Crippen LogP contribution is 2.43. The van der Waals surface area contributed by atoms with Gasteiger partial charge in [-0.1, -0.05) is 34.1 Å². The van der Waals surface area contributed by atoms with Crippen LogP contribution in [0.25, 0.3) is 22.3 Å². The van der Waals surface area contributed by atoms with Gasteiger partial charge in [0.05, 0.1) is 147 Å². The molecule has 4 atom stereocenters. The van der Waals surface area contributed by atoms with Gasteiger partial charge in [-0.2, -0.15) is 0 Å². The van der Waals surface area contributed by atoms with Gasteiger partial charge in [-0.25, -0.2) is 9.78 Å². The number of benzene rings is 1. The van der Waals surface area contributed by atoms with Crippen molar-refractivity contribution in [2.75, 3.05) is 139 Å². The molecule has 0 saturated carbocycles. The number of aromatic nitrogens is 2. The van der Waals surface area contributed by atoms with Crippen LogP contribution >= 0.6 is 0 Å². The van der Waals surface area contributed by atoms with Crippen LogP contribution in [0.5, 0.6) is 11.5 Å². The van der Waals surface area contributed by atoms with Crippen molar-refractivity contribution in [3.63, 3.8) is 0 Å². The zero-order chi connectivity index (χ0) is 66.0. The summed E-state index contributed by atoms with van der Waals surface area (Å²) in [6.07, 6.45) is 1.79. The Kier molecular flexibility index (Phi) is 29.3. The maximum absolute atomic E-state index is 14.0. The lowest BCUT2D eigenvalue weighted by Crippen LogP contribution is -2.46. The Morgan fingerprint density at radius 2 is 1.34 bits per heavy atom. The highest BCUT2D eigenvalue weighted by Gasteiger charge is 2.46. The number of nitrogens with zero attached hydrogens (tertiary/aromatic N) is 3. The van der Waals surface area contributed by atoms with Crippen molar-refractivity contribution in [3.8, 4) is 22.9 Å². The van der Waals surface area contributed by atoms with Crippen LogP contribution in [0.3, 0.4) is 0 Å². The minimum absolute atomic E-state index is 0.00191. The molecule has 0 spiro atoms. The number of likely N-dealkylation sites (tertiary alicyclic amines) is 1. The fourth-order valence-corrected chi connectivity index (χ4v) is 11.1. The Morgan fingerprint density at radius 3 is 1.91 bits per heavy atom. The lowest BCUT2D eigenvalue weighted by atomic mass is 9.86. The average Bonchev–Trinajstić information content (AvgIpc) is 1.50. The largest absolute Gasteiger partial charge is 0.458 e. The van der Waals surface area contributed by atoms with Gasteiger partial charge in [-0.3, -0.25) is 43.3 Å². The van der Waals surface area contributed by atoms with E-state index in [1.165, 1.54) is 4.57 Å². The summed E-state index contributed by atoms with van der Waals surface area (Å²) >= 11 is 0. The smallest absolute Gasteiger partial charge is 0.343 e. The first-order valence-electron chi connectivity index (χ1n) is 31.9. The van der Waals surface area contributed by atoms with E-state index in [0.717, 1.165) is 10.5 Å². The molecule has 1 saturated heterocycles. The number of hydrogen-bond acceptors (Lipinski definition) is 23. The molecule has 4 aliphatic rings. The second-order valence-corrected chi connectivity index (χ2v) is 23.2. The minimum Gasteiger partial charge on any atom is -0.458 e. The van der Waals surface area contributed by atoms with Crippen molar-refractivity contribution in [2.24, 2.45) is 23.5 Å². The molecule has 7 rings (SSSR count).